The summed E-state index contributed by atoms with van der Waals surface area (Å²) in [5, 5.41) is 0. The molecule has 0 N–H and O–H groups in total. The molecule has 0 bridgehead atoms. The fourth-order valence-corrected chi connectivity index (χ4v) is 5.33. The highest BCUT2D eigenvalue weighted by atomic mass is 32.2. The van der Waals surface area contributed by atoms with E-state index < -0.39 is 9.84 Å². The van der Waals surface area contributed by atoms with Gasteiger partial charge in [-0.05, 0) is 62.1 Å². The number of hydrogen-bond acceptors (Lipinski definition) is 5. The van der Waals surface area contributed by atoms with E-state index in [9.17, 15) is 13.2 Å². The van der Waals surface area contributed by atoms with Gasteiger partial charge in [-0.1, -0.05) is 24.3 Å². The summed E-state index contributed by atoms with van der Waals surface area (Å²) >= 11 is 0. The van der Waals surface area contributed by atoms with Gasteiger partial charge in [0.05, 0.1) is 18.1 Å². The zero-order valence-corrected chi connectivity index (χ0v) is 18.6. The lowest BCUT2D eigenvalue weighted by Crippen LogP contribution is -2.43. The molecule has 1 heterocycles. The number of hydrogen-bond donors (Lipinski definition) is 0. The van der Waals surface area contributed by atoms with E-state index in [2.05, 4.69) is 0 Å². The topological polar surface area (TPSA) is 72.9 Å². The summed E-state index contributed by atoms with van der Waals surface area (Å²) in [4.78, 5) is 14.7. The van der Waals surface area contributed by atoms with Crippen molar-refractivity contribution in [3.63, 3.8) is 0 Å². The number of nitrogens with zero attached hydrogens (tertiary/aromatic N) is 1. The van der Waals surface area contributed by atoms with Crippen LogP contribution in [0.15, 0.2) is 42.5 Å². The van der Waals surface area contributed by atoms with Gasteiger partial charge < -0.3 is 14.4 Å². The predicted molar refractivity (Wildman–Crippen MR) is 117 cm³/mol. The van der Waals surface area contributed by atoms with Crippen LogP contribution in [0.4, 0.5) is 0 Å². The van der Waals surface area contributed by atoms with E-state index in [4.69, 9.17) is 9.47 Å². The SMILES string of the molecule is CCOc1ccc(CN(C(=O)COc2cccc(C)c2C)C2CCS(=O)(=O)C2)cc1. The summed E-state index contributed by atoms with van der Waals surface area (Å²) in [6.07, 6.45) is 0.453. The van der Waals surface area contributed by atoms with Gasteiger partial charge in [-0.25, -0.2) is 8.42 Å². The monoisotopic (exact) mass is 431 g/mol. The average Bonchev–Trinajstić information content (AvgIpc) is 3.08. The van der Waals surface area contributed by atoms with Crippen molar-refractivity contribution < 1.29 is 22.7 Å². The van der Waals surface area contributed by atoms with E-state index >= 15 is 0 Å². The molecule has 0 spiro atoms. The molecule has 0 aromatic heterocycles. The first-order valence-corrected chi connectivity index (χ1v) is 12.0. The minimum absolute atomic E-state index is 0.000752. The van der Waals surface area contributed by atoms with Crippen LogP contribution in [0.2, 0.25) is 0 Å². The summed E-state index contributed by atoms with van der Waals surface area (Å²) in [5.74, 6) is 1.33. The molecule has 30 heavy (non-hydrogen) atoms. The molecule has 0 saturated carbocycles. The highest BCUT2D eigenvalue weighted by Gasteiger charge is 2.34. The van der Waals surface area contributed by atoms with Crippen molar-refractivity contribution in [3.05, 3.63) is 59.2 Å². The van der Waals surface area contributed by atoms with Crippen LogP contribution in [0.3, 0.4) is 0 Å². The lowest BCUT2D eigenvalue weighted by atomic mass is 10.1. The summed E-state index contributed by atoms with van der Waals surface area (Å²) in [6, 6.07) is 12.9. The van der Waals surface area contributed by atoms with Crippen molar-refractivity contribution in [1.29, 1.82) is 0 Å². The Kier molecular flexibility index (Phi) is 7.02. The number of sulfone groups is 1. The van der Waals surface area contributed by atoms with Gasteiger partial charge in [-0.15, -0.1) is 0 Å². The van der Waals surface area contributed by atoms with Gasteiger partial charge >= 0.3 is 0 Å². The summed E-state index contributed by atoms with van der Waals surface area (Å²) < 4.78 is 35.3. The first-order valence-electron chi connectivity index (χ1n) is 10.2. The van der Waals surface area contributed by atoms with Crippen molar-refractivity contribution in [2.75, 3.05) is 24.7 Å². The molecule has 6 nitrogen and oxygen atoms in total. The first kappa shape index (κ1) is 22.2. The predicted octanol–water partition coefficient (Wildman–Crippen LogP) is 3.30. The Bertz CT molecular complexity index is 985. The van der Waals surface area contributed by atoms with Gasteiger partial charge in [0, 0.05) is 12.6 Å². The van der Waals surface area contributed by atoms with Crippen LogP contribution in [0.1, 0.15) is 30.0 Å². The molecule has 1 fully saturated rings. The van der Waals surface area contributed by atoms with Gasteiger partial charge in [0.15, 0.2) is 16.4 Å². The smallest absolute Gasteiger partial charge is 0.261 e. The molecule has 1 aliphatic rings. The molecule has 0 aliphatic carbocycles. The molecule has 7 heteroatoms. The molecule has 1 saturated heterocycles. The van der Waals surface area contributed by atoms with Crippen LogP contribution in [0, 0.1) is 13.8 Å². The Morgan fingerprint density at radius 1 is 1.10 bits per heavy atom. The van der Waals surface area contributed by atoms with Crippen molar-refractivity contribution >= 4 is 15.7 Å². The van der Waals surface area contributed by atoms with E-state index in [0.717, 1.165) is 22.4 Å². The molecule has 1 amide bonds. The molecule has 2 aromatic carbocycles. The maximum Gasteiger partial charge on any atom is 0.261 e. The molecule has 0 radical (unpaired) electrons. The first-order chi connectivity index (χ1) is 14.3. The van der Waals surface area contributed by atoms with E-state index in [1.54, 1.807) is 4.90 Å². The minimum atomic E-state index is -3.11. The number of amides is 1. The van der Waals surface area contributed by atoms with Gasteiger partial charge in [-0.2, -0.15) is 0 Å². The van der Waals surface area contributed by atoms with Crippen molar-refractivity contribution in [1.82, 2.24) is 4.90 Å². The Morgan fingerprint density at radius 2 is 1.83 bits per heavy atom. The summed E-state index contributed by atoms with van der Waals surface area (Å²) in [5.41, 5.74) is 3.00. The normalized spacial score (nSPS) is 17.5. The number of carbonyl (C=O) groups excluding carboxylic acids is 1. The minimum Gasteiger partial charge on any atom is -0.494 e. The average molecular weight is 432 g/mol. The molecule has 162 valence electrons. The zero-order chi connectivity index (χ0) is 21.7. The van der Waals surface area contributed by atoms with E-state index in [0.29, 0.717) is 25.3 Å². The number of rotatable bonds is 8. The summed E-state index contributed by atoms with van der Waals surface area (Å²) in [6.45, 7) is 6.66. The number of aryl methyl sites for hydroxylation is 1. The van der Waals surface area contributed by atoms with Crippen LogP contribution < -0.4 is 9.47 Å². The molecular formula is C23H29NO5S. The Hall–Kier alpha value is -2.54. The third kappa shape index (κ3) is 5.53. The molecule has 1 aliphatic heterocycles. The lowest BCUT2D eigenvalue weighted by Gasteiger charge is -2.28. The molecular weight excluding hydrogens is 402 g/mol. The lowest BCUT2D eigenvalue weighted by molar-refractivity contribution is -0.136. The molecule has 3 rings (SSSR count). The Morgan fingerprint density at radius 3 is 2.47 bits per heavy atom. The van der Waals surface area contributed by atoms with E-state index in [1.165, 1.54) is 0 Å². The van der Waals surface area contributed by atoms with Crippen LogP contribution in [0.25, 0.3) is 0 Å². The van der Waals surface area contributed by atoms with Crippen molar-refractivity contribution in [3.8, 4) is 11.5 Å². The van der Waals surface area contributed by atoms with Gasteiger partial charge in [-0.3, -0.25) is 4.79 Å². The second-order valence-corrected chi connectivity index (χ2v) is 9.87. The van der Waals surface area contributed by atoms with Gasteiger partial charge in [0.2, 0.25) is 0 Å². The zero-order valence-electron chi connectivity index (χ0n) is 17.8. The van der Waals surface area contributed by atoms with Crippen LogP contribution >= 0.6 is 0 Å². The highest BCUT2D eigenvalue weighted by Crippen LogP contribution is 2.23. The fraction of sp³-hybridized carbons (Fsp3) is 0.435. The largest absolute Gasteiger partial charge is 0.494 e. The standard InChI is InChI=1S/C23H29NO5S/c1-4-28-21-10-8-19(9-11-21)14-24(20-12-13-30(26,27)16-20)23(25)15-29-22-7-5-6-17(2)18(22)3/h5-11,20H,4,12-16H2,1-3H3. The summed E-state index contributed by atoms with van der Waals surface area (Å²) in [7, 11) is -3.11. The van der Waals surface area contributed by atoms with Crippen LogP contribution in [-0.4, -0.2) is 50.0 Å². The quantitative estimate of drug-likeness (QED) is 0.641. The third-order valence-electron chi connectivity index (χ3n) is 5.46. The molecule has 1 atom stereocenters. The van der Waals surface area contributed by atoms with Gasteiger partial charge in [0.25, 0.3) is 5.91 Å². The third-order valence-corrected chi connectivity index (χ3v) is 7.21. The fourth-order valence-electron chi connectivity index (χ4n) is 3.60. The maximum atomic E-state index is 13.1. The van der Waals surface area contributed by atoms with Gasteiger partial charge in [0.1, 0.15) is 11.5 Å². The Balaban J connectivity index is 1.74. The second-order valence-electron chi connectivity index (χ2n) is 7.64. The van der Waals surface area contributed by atoms with Crippen LogP contribution in [0.5, 0.6) is 11.5 Å². The number of carbonyl (C=O) groups is 1. The van der Waals surface area contributed by atoms with E-state index in [-0.39, 0.29) is 30.1 Å². The van der Waals surface area contributed by atoms with Crippen LogP contribution in [-0.2, 0) is 21.2 Å². The number of ether oxygens (including phenoxy) is 2. The molecule has 2 aromatic rings. The highest BCUT2D eigenvalue weighted by molar-refractivity contribution is 7.91. The van der Waals surface area contributed by atoms with Crippen molar-refractivity contribution in [2.24, 2.45) is 0 Å². The van der Waals surface area contributed by atoms with Crippen molar-refractivity contribution in [2.45, 2.75) is 39.8 Å². The molecule has 1 unspecified atom stereocenters. The maximum absolute atomic E-state index is 13.1. The number of benzene rings is 2. The van der Waals surface area contributed by atoms with E-state index in [1.807, 2.05) is 63.2 Å². The Labute approximate surface area is 178 Å². The second kappa shape index (κ2) is 9.51.